The minimum atomic E-state index is 0. The Bertz CT molecular complexity index is 221. The van der Waals surface area contributed by atoms with Crippen LogP contribution in [0.15, 0.2) is 43.0 Å². The van der Waals surface area contributed by atoms with E-state index < -0.39 is 0 Å². The number of rotatable bonds is 5. The van der Waals surface area contributed by atoms with Gasteiger partial charge in [0.25, 0.3) is 0 Å². The molecule has 0 saturated carbocycles. The summed E-state index contributed by atoms with van der Waals surface area (Å²) in [6.07, 6.45) is 2.97. The van der Waals surface area contributed by atoms with Gasteiger partial charge in [-0.15, -0.1) is 6.58 Å². The third-order valence-corrected chi connectivity index (χ3v) is 1.72. The molecule has 0 aliphatic heterocycles. The summed E-state index contributed by atoms with van der Waals surface area (Å²) in [5, 5.41) is 3.27. The molecule has 0 atom stereocenters. The second-order valence-electron chi connectivity index (χ2n) is 2.73. The van der Waals surface area contributed by atoms with Crippen LogP contribution in [0.4, 0.5) is 0 Å². The largest absolute Gasteiger partial charge is 0.412 e. The van der Waals surface area contributed by atoms with Gasteiger partial charge < -0.3 is 10.8 Å². The maximum absolute atomic E-state index is 3.64. The standard InChI is InChI=1S/C11H15N.H2O/c1-2-9-12-10-8-11-6-4-3-5-7-11;/h2-7,12H,1,8-10H2;1H2. The van der Waals surface area contributed by atoms with E-state index >= 15 is 0 Å². The molecule has 0 aromatic heterocycles. The van der Waals surface area contributed by atoms with Gasteiger partial charge in [0.2, 0.25) is 0 Å². The Balaban J connectivity index is 0.00000144. The van der Waals surface area contributed by atoms with Crippen molar-refractivity contribution in [2.75, 3.05) is 13.1 Å². The van der Waals surface area contributed by atoms with E-state index in [9.17, 15) is 0 Å². The molecule has 0 saturated heterocycles. The van der Waals surface area contributed by atoms with Gasteiger partial charge in [0, 0.05) is 6.54 Å². The average Bonchev–Trinajstić information content (AvgIpc) is 2.14. The smallest absolute Gasteiger partial charge is 0.0132 e. The minimum absolute atomic E-state index is 0. The molecular weight excluding hydrogens is 162 g/mol. The van der Waals surface area contributed by atoms with Crippen molar-refractivity contribution in [1.29, 1.82) is 0 Å². The molecule has 0 bridgehead atoms. The second kappa shape index (κ2) is 7.53. The first-order chi connectivity index (χ1) is 5.93. The lowest BCUT2D eigenvalue weighted by atomic mass is 10.1. The molecule has 2 nitrogen and oxygen atoms in total. The molecule has 0 radical (unpaired) electrons. The molecule has 0 spiro atoms. The van der Waals surface area contributed by atoms with E-state index in [4.69, 9.17) is 0 Å². The zero-order valence-corrected chi connectivity index (χ0v) is 7.79. The van der Waals surface area contributed by atoms with E-state index in [1.165, 1.54) is 5.56 Å². The second-order valence-corrected chi connectivity index (χ2v) is 2.73. The molecule has 0 amide bonds. The Morgan fingerprint density at radius 2 is 1.92 bits per heavy atom. The van der Waals surface area contributed by atoms with Gasteiger partial charge in [-0.1, -0.05) is 36.4 Å². The lowest BCUT2D eigenvalue weighted by molar-refractivity contribution is 0.745. The zero-order valence-electron chi connectivity index (χ0n) is 7.79. The zero-order chi connectivity index (χ0) is 8.65. The molecule has 1 aromatic carbocycles. The molecule has 1 aromatic rings. The maximum Gasteiger partial charge on any atom is 0.0132 e. The van der Waals surface area contributed by atoms with Crippen LogP contribution in [0, 0.1) is 0 Å². The highest BCUT2D eigenvalue weighted by atomic mass is 16.0. The Kier molecular flexibility index (Phi) is 6.88. The SMILES string of the molecule is C=CCNCCc1ccccc1.O. The topological polar surface area (TPSA) is 43.5 Å². The first-order valence-electron chi connectivity index (χ1n) is 4.29. The summed E-state index contributed by atoms with van der Waals surface area (Å²) in [5.41, 5.74) is 1.38. The van der Waals surface area contributed by atoms with Crippen molar-refractivity contribution in [3.05, 3.63) is 48.6 Å². The first-order valence-corrected chi connectivity index (χ1v) is 4.29. The van der Waals surface area contributed by atoms with Crippen LogP contribution < -0.4 is 5.32 Å². The van der Waals surface area contributed by atoms with Crippen LogP contribution in [0.3, 0.4) is 0 Å². The van der Waals surface area contributed by atoms with E-state index in [0.717, 1.165) is 19.5 Å². The molecule has 72 valence electrons. The Labute approximate surface area is 79.6 Å². The van der Waals surface area contributed by atoms with Gasteiger partial charge in [0.15, 0.2) is 0 Å². The van der Waals surface area contributed by atoms with Crippen LogP contribution in [-0.2, 0) is 6.42 Å². The third kappa shape index (κ3) is 5.17. The number of nitrogens with one attached hydrogen (secondary N) is 1. The van der Waals surface area contributed by atoms with E-state index in [2.05, 4.69) is 36.2 Å². The fourth-order valence-corrected chi connectivity index (χ4v) is 1.08. The van der Waals surface area contributed by atoms with Crippen molar-refractivity contribution in [3.63, 3.8) is 0 Å². The van der Waals surface area contributed by atoms with Crippen molar-refractivity contribution in [1.82, 2.24) is 5.32 Å². The predicted octanol–water partition coefficient (Wildman–Crippen LogP) is 1.18. The summed E-state index contributed by atoms with van der Waals surface area (Å²) in [7, 11) is 0. The summed E-state index contributed by atoms with van der Waals surface area (Å²) in [4.78, 5) is 0. The van der Waals surface area contributed by atoms with Crippen LogP contribution in [-0.4, -0.2) is 18.6 Å². The summed E-state index contributed by atoms with van der Waals surface area (Å²) >= 11 is 0. The molecule has 1 rings (SSSR count). The average molecular weight is 179 g/mol. The van der Waals surface area contributed by atoms with E-state index in [0.29, 0.717) is 0 Å². The number of hydrogen-bond donors (Lipinski definition) is 1. The monoisotopic (exact) mass is 179 g/mol. The van der Waals surface area contributed by atoms with Crippen molar-refractivity contribution in [2.24, 2.45) is 0 Å². The molecular formula is C11H17NO. The quantitative estimate of drug-likeness (QED) is 0.535. The van der Waals surface area contributed by atoms with Gasteiger partial charge >= 0.3 is 0 Å². The molecule has 3 N–H and O–H groups in total. The van der Waals surface area contributed by atoms with Crippen molar-refractivity contribution >= 4 is 0 Å². The third-order valence-electron chi connectivity index (χ3n) is 1.72. The van der Waals surface area contributed by atoms with Gasteiger partial charge in [0.1, 0.15) is 0 Å². The summed E-state index contributed by atoms with van der Waals surface area (Å²) in [5.74, 6) is 0. The Morgan fingerprint density at radius 3 is 2.54 bits per heavy atom. The van der Waals surface area contributed by atoms with Gasteiger partial charge in [-0.2, -0.15) is 0 Å². The molecule has 2 heteroatoms. The van der Waals surface area contributed by atoms with Crippen molar-refractivity contribution in [3.8, 4) is 0 Å². The van der Waals surface area contributed by atoms with Gasteiger partial charge in [0.05, 0.1) is 0 Å². The predicted molar refractivity (Wildman–Crippen MR) is 56.8 cm³/mol. The lowest BCUT2D eigenvalue weighted by Gasteiger charge is -2.00. The van der Waals surface area contributed by atoms with Crippen LogP contribution in [0.25, 0.3) is 0 Å². The van der Waals surface area contributed by atoms with E-state index in [-0.39, 0.29) is 5.48 Å². The van der Waals surface area contributed by atoms with Gasteiger partial charge in [-0.3, -0.25) is 0 Å². The van der Waals surface area contributed by atoms with Crippen LogP contribution in [0.2, 0.25) is 0 Å². The Morgan fingerprint density at radius 1 is 1.23 bits per heavy atom. The number of benzene rings is 1. The first kappa shape index (κ1) is 11.9. The molecule has 0 unspecified atom stereocenters. The highest BCUT2D eigenvalue weighted by Crippen LogP contribution is 1.97. The highest BCUT2D eigenvalue weighted by molar-refractivity contribution is 5.14. The van der Waals surface area contributed by atoms with E-state index in [1.54, 1.807) is 0 Å². The van der Waals surface area contributed by atoms with Crippen molar-refractivity contribution in [2.45, 2.75) is 6.42 Å². The molecule has 13 heavy (non-hydrogen) atoms. The fourth-order valence-electron chi connectivity index (χ4n) is 1.08. The summed E-state index contributed by atoms with van der Waals surface area (Å²) in [6.45, 7) is 5.56. The molecule has 0 heterocycles. The minimum Gasteiger partial charge on any atom is -0.412 e. The molecule has 0 aliphatic rings. The van der Waals surface area contributed by atoms with Crippen LogP contribution >= 0.6 is 0 Å². The van der Waals surface area contributed by atoms with Crippen LogP contribution in [0.1, 0.15) is 5.56 Å². The summed E-state index contributed by atoms with van der Waals surface area (Å²) in [6, 6.07) is 10.5. The van der Waals surface area contributed by atoms with Crippen LogP contribution in [0.5, 0.6) is 0 Å². The Hall–Kier alpha value is -1.12. The van der Waals surface area contributed by atoms with E-state index in [1.807, 2.05) is 12.1 Å². The van der Waals surface area contributed by atoms with Gasteiger partial charge in [-0.25, -0.2) is 0 Å². The summed E-state index contributed by atoms with van der Waals surface area (Å²) < 4.78 is 0. The highest BCUT2D eigenvalue weighted by Gasteiger charge is 1.88. The normalized spacial score (nSPS) is 8.92. The maximum atomic E-state index is 3.64. The molecule has 0 fully saturated rings. The fraction of sp³-hybridized carbons (Fsp3) is 0.273. The van der Waals surface area contributed by atoms with Gasteiger partial charge in [-0.05, 0) is 18.5 Å². The van der Waals surface area contributed by atoms with Crippen molar-refractivity contribution < 1.29 is 5.48 Å². The molecule has 0 aliphatic carbocycles. The number of hydrogen-bond acceptors (Lipinski definition) is 1. The lowest BCUT2D eigenvalue weighted by Crippen LogP contribution is -2.16.